The Morgan fingerprint density at radius 2 is 1.90 bits per heavy atom. The number of halogens is 3. The number of aryl methyl sites for hydroxylation is 1. The third-order valence-electron chi connectivity index (χ3n) is 5.72. The van der Waals surface area contributed by atoms with E-state index in [1.165, 1.54) is 31.0 Å². The lowest BCUT2D eigenvalue weighted by molar-refractivity contribution is -0.274. The Morgan fingerprint density at radius 3 is 2.47 bits per heavy atom. The van der Waals surface area contributed by atoms with Crippen molar-refractivity contribution in [3.05, 3.63) is 48.0 Å². The van der Waals surface area contributed by atoms with Crippen molar-refractivity contribution >= 4 is 16.6 Å². The molecule has 1 aliphatic heterocycles. The number of fused-ring (bicyclic) bond motifs is 1. The summed E-state index contributed by atoms with van der Waals surface area (Å²) in [4.78, 5) is 2.37. The standard InChI is InChI=1S/C23H22F3N3O/c1-3-28-21-13-18(30-23(24,25)26)10-11-19(21)20(14-27)22(28)16-6-8-17(9-7-16)29-12-4-5-15(29)2/h6-11,13,15H,3-5,12H2,1-2H3. The second-order valence-corrected chi connectivity index (χ2v) is 7.54. The molecule has 3 aromatic rings. The minimum Gasteiger partial charge on any atom is -0.406 e. The van der Waals surface area contributed by atoms with E-state index in [-0.39, 0.29) is 5.75 Å². The first-order valence-electron chi connectivity index (χ1n) is 10.0. The first kappa shape index (κ1) is 20.1. The van der Waals surface area contributed by atoms with E-state index in [2.05, 4.69) is 22.6 Å². The normalized spacial score (nSPS) is 16.8. The number of hydrogen-bond acceptors (Lipinski definition) is 3. The van der Waals surface area contributed by atoms with E-state index < -0.39 is 6.36 Å². The zero-order valence-corrected chi connectivity index (χ0v) is 16.8. The highest BCUT2D eigenvalue weighted by Crippen LogP contribution is 2.37. The van der Waals surface area contributed by atoms with Gasteiger partial charge in [-0.1, -0.05) is 12.1 Å². The number of nitriles is 1. The maximum absolute atomic E-state index is 12.6. The van der Waals surface area contributed by atoms with Crippen LogP contribution in [0, 0.1) is 11.3 Å². The molecular weight excluding hydrogens is 391 g/mol. The number of rotatable bonds is 4. The van der Waals surface area contributed by atoms with Gasteiger partial charge in [0.25, 0.3) is 0 Å². The maximum atomic E-state index is 12.6. The molecule has 2 heterocycles. The van der Waals surface area contributed by atoms with Crippen molar-refractivity contribution < 1.29 is 17.9 Å². The lowest BCUT2D eigenvalue weighted by atomic mass is 10.1. The topological polar surface area (TPSA) is 41.2 Å². The summed E-state index contributed by atoms with van der Waals surface area (Å²) in [6.45, 7) is 5.65. The monoisotopic (exact) mass is 413 g/mol. The van der Waals surface area contributed by atoms with Crippen LogP contribution in [0.5, 0.6) is 5.75 Å². The van der Waals surface area contributed by atoms with Crippen molar-refractivity contribution in [2.24, 2.45) is 0 Å². The summed E-state index contributed by atoms with van der Waals surface area (Å²) in [5, 5.41) is 10.4. The number of anilines is 1. The van der Waals surface area contributed by atoms with Gasteiger partial charge in [0, 0.05) is 36.3 Å². The highest BCUT2D eigenvalue weighted by Gasteiger charge is 2.31. The van der Waals surface area contributed by atoms with Crippen LogP contribution >= 0.6 is 0 Å². The summed E-state index contributed by atoms with van der Waals surface area (Å²) in [5.41, 5.74) is 3.71. The Balaban J connectivity index is 1.81. The molecule has 2 aromatic carbocycles. The third-order valence-corrected chi connectivity index (χ3v) is 5.72. The van der Waals surface area contributed by atoms with Gasteiger partial charge in [0.15, 0.2) is 0 Å². The fraction of sp³-hybridized carbons (Fsp3) is 0.348. The number of nitrogens with zero attached hydrogens (tertiary/aromatic N) is 3. The van der Waals surface area contributed by atoms with Crippen LogP contribution in [0.25, 0.3) is 22.2 Å². The fourth-order valence-electron chi connectivity index (χ4n) is 4.40. The van der Waals surface area contributed by atoms with Gasteiger partial charge in [-0.05, 0) is 56.5 Å². The van der Waals surface area contributed by atoms with Gasteiger partial charge in [-0.15, -0.1) is 13.2 Å². The predicted molar refractivity (Wildman–Crippen MR) is 110 cm³/mol. The van der Waals surface area contributed by atoms with Gasteiger partial charge in [0.05, 0.1) is 16.8 Å². The Morgan fingerprint density at radius 1 is 1.17 bits per heavy atom. The Bertz CT molecular complexity index is 1110. The molecule has 1 fully saturated rings. The molecule has 1 aliphatic rings. The van der Waals surface area contributed by atoms with E-state index in [1.807, 2.05) is 35.8 Å². The van der Waals surface area contributed by atoms with Gasteiger partial charge in [-0.25, -0.2) is 0 Å². The van der Waals surface area contributed by atoms with Crippen LogP contribution in [-0.2, 0) is 6.54 Å². The van der Waals surface area contributed by atoms with E-state index in [4.69, 9.17) is 0 Å². The molecule has 0 saturated carbocycles. The summed E-state index contributed by atoms with van der Waals surface area (Å²) in [7, 11) is 0. The number of aromatic nitrogens is 1. The Kier molecular flexibility index (Phi) is 5.10. The summed E-state index contributed by atoms with van der Waals surface area (Å²) in [5.74, 6) is -0.295. The van der Waals surface area contributed by atoms with E-state index in [1.54, 1.807) is 0 Å². The number of ether oxygens (including phenoxy) is 1. The molecule has 4 rings (SSSR count). The minimum atomic E-state index is -4.76. The van der Waals surface area contributed by atoms with E-state index in [0.717, 1.165) is 17.8 Å². The lowest BCUT2D eigenvalue weighted by Crippen LogP contribution is -2.25. The first-order valence-corrected chi connectivity index (χ1v) is 10.0. The number of benzene rings is 2. The van der Waals surface area contributed by atoms with Gasteiger partial charge < -0.3 is 14.2 Å². The molecule has 0 amide bonds. The Hall–Kier alpha value is -3.14. The zero-order valence-electron chi connectivity index (χ0n) is 16.8. The van der Waals surface area contributed by atoms with Crippen LogP contribution in [0.2, 0.25) is 0 Å². The summed E-state index contributed by atoms with van der Waals surface area (Å²) in [6.07, 6.45) is -2.42. The molecule has 1 aromatic heterocycles. The van der Waals surface area contributed by atoms with Gasteiger partial charge in [-0.3, -0.25) is 0 Å². The third kappa shape index (κ3) is 3.58. The molecule has 156 valence electrons. The molecule has 0 aliphatic carbocycles. The number of alkyl halides is 3. The van der Waals surface area contributed by atoms with Gasteiger partial charge >= 0.3 is 6.36 Å². The Labute approximate surface area is 173 Å². The van der Waals surface area contributed by atoms with Crippen molar-refractivity contribution in [3.63, 3.8) is 0 Å². The van der Waals surface area contributed by atoms with E-state index in [9.17, 15) is 18.4 Å². The average Bonchev–Trinajstić information content (AvgIpc) is 3.27. The summed E-state index contributed by atoms with van der Waals surface area (Å²) in [6, 6.07) is 14.9. The molecule has 0 spiro atoms. The first-order chi connectivity index (χ1) is 14.3. The van der Waals surface area contributed by atoms with Crippen molar-refractivity contribution in [2.45, 2.75) is 45.6 Å². The largest absolute Gasteiger partial charge is 0.573 e. The molecule has 0 radical (unpaired) electrons. The van der Waals surface area contributed by atoms with Crippen molar-refractivity contribution in [2.75, 3.05) is 11.4 Å². The molecule has 4 nitrogen and oxygen atoms in total. The highest BCUT2D eigenvalue weighted by atomic mass is 19.4. The van der Waals surface area contributed by atoms with Crippen LogP contribution in [0.4, 0.5) is 18.9 Å². The quantitative estimate of drug-likeness (QED) is 0.520. The van der Waals surface area contributed by atoms with Crippen molar-refractivity contribution in [1.29, 1.82) is 5.26 Å². The molecule has 0 N–H and O–H groups in total. The molecule has 1 atom stereocenters. The second-order valence-electron chi connectivity index (χ2n) is 7.54. The lowest BCUT2D eigenvalue weighted by Gasteiger charge is -2.24. The van der Waals surface area contributed by atoms with Gasteiger partial charge in [-0.2, -0.15) is 5.26 Å². The van der Waals surface area contributed by atoms with Crippen LogP contribution in [0.1, 0.15) is 32.3 Å². The predicted octanol–water partition coefficient (Wildman–Crippen LogP) is 6.09. The minimum absolute atomic E-state index is 0.295. The molecule has 7 heteroatoms. The highest BCUT2D eigenvalue weighted by molar-refractivity contribution is 5.95. The van der Waals surface area contributed by atoms with Crippen LogP contribution in [0.15, 0.2) is 42.5 Å². The van der Waals surface area contributed by atoms with Crippen molar-refractivity contribution in [1.82, 2.24) is 4.57 Å². The molecule has 1 saturated heterocycles. The van der Waals surface area contributed by atoms with Crippen LogP contribution < -0.4 is 9.64 Å². The van der Waals surface area contributed by atoms with Crippen LogP contribution in [-0.4, -0.2) is 23.5 Å². The van der Waals surface area contributed by atoms with Gasteiger partial charge in [0.2, 0.25) is 0 Å². The summed E-state index contributed by atoms with van der Waals surface area (Å²) < 4.78 is 43.9. The smallest absolute Gasteiger partial charge is 0.406 e. The molecule has 0 bridgehead atoms. The fourth-order valence-corrected chi connectivity index (χ4v) is 4.40. The zero-order chi connectivity index (χ0) is 21.5. The SMILES string of the molecule is CCn1c(-c2ccc(N3CCCC3C)cc2)c(C#N)c2ccc(OC(F)(F)F)cc21. The van der Waals surface area contributed by atoms with Crippen molar-refractivity contribution in [3.8, 4) is 23.1 Å². The van der Waals surface area contributed by atoms with Crippen LogP contribution in [0.3, 0.4) is 0 Å². The average molecular weight is 413 g/mol. The van der Waals surface area contributed by atoms with Gasteiger partial charge in [0.1, 0.15) is 11.8 Å². The van der Waals surface area contributed by atoms with E-state index >= 15 is 0 Å². The van der Waals surface area contributed by atoms with E-state index in [0.29, 0.717) is 34.7 Å². The number of hydrogen-bond donors (Lipinski definition) is 0. The maximum Gasteiger partial charge on any atom is 0.573 e. The molecule has 1 unspecified atom stereocenters. The summed E-state index contributed by atoms with van der Waals surface area (Å²) >= 11 is 0. The molecule has 30 heavy (non-hydrogen) atoms. The second kappa shape index (κ2) is 7.60. The molecular formula is C23H22F3N3O.